The van der Waals surface area contributed by atoms with E-state index in [2.05, 4.69) is 92.5 Å². The van der Waals surface area contributed by atoms with Gasteiger partial charge in [0, 0.05) is 5.57 Å². The highest BCUT2D eigenvalue weighted by Gasteiger charge is 2.45. The Morgan fingerprint density at radius 2 is 1.02 bits per heavy atom. The van der Waals surface area contributed by atoms with Crippen LogP contribution in [-0.2, 0) is 29.2 Å². The Hall–Kier alpha value is -5.19. The van der Waals surface area contributed by atoms with Gasteiger partial charge in [0.05, 0.1) is 31.8 Å². The minimum absolute atomic E-state index is 0.0121. The molecular formula is C44H48O9. The molecule has 4 aromatic carbocycles. The lowest BCUT2D eigenvalue weighted by Crippen LogP contribution is -2.28. The van der Waals surface area contributed by atoms with Crippen molar-refractivity contribution < 1.29 is 43.4 Å². The number of carbonyl (C=O) groups is 1. The highest BCUT2D eigenvalue weighted by Crippen LogP contribution is 2.56. The average molecular weight is 721 g/mol. The molecule has 0 amide bonds. The van der Waals surface area contributed by atoms with Crippen molar-refractivity contribution in [2.24, 2.45) is 0 Å². The first kappa shape index (κ1) is 39.0. The maximum absolute atomic E-state index is 11.5. The van der Waals surface area contributed by atoms with Crippen LogP contribution in [0.1, 0.15) is 36.1 Å². The number of allylic oxidation sites excluding steroid dienone is 1. The van der Waals surface area contributed by atoms with Crippen LogP contribution in [0.25, 0.3) is 11.1 Å². The summed E-state index contributed by atoms with van der Waals surface area (Å²) in [6.07, 6.45) is -1.73. The van der Waals surface area contributed by atoms with Crippen LogP contribution in [0.4, 0.5) is 0 Å². The van der Waals surface area contributed by atoms with E-state index in [9.17, 15) is 15.0 Å². The van der Waals surface area contributed by atoms with Crippen LogP contribution in [-0.4, -0.2) is 81.2 Å². The van der Waals surface area contributed by atoms with Gasteiger partial charge in [0.1, 0.15) is 55.9 Å². The molecule has 0 spiro atoms. The molecule has 1 aliphatic carbocycles. The summed E-state index contributed by atoms with van der Waals surface area (Å²) in [6, 6.07) is 33.3. The second-order valence-corrected chi connectivity index (χ2v) is 12.9. The van der Waals surface area contributed by atoms with Gasteiger partial charge < -0.3 is 38.6 Å². The zero-order valence-corrected chi connectivity index (χ0v) is 30.4. The van der Waals surface area contributed by atoms with E-state index in [1.54, 1.807) is 13.8 Å². The van der Waals surface area contributed by atoms with E-state index >= 15 is 0 Å². The Labute approximate surface area is 311 Å². The van der Waals surface area contributed by atoms with Gasteiger partial charge in [-0.05, 0) is 77.1 Å². The van der Waals surface area contributed by atoms with Crippen LogP contribution in [0.3, 0.4) is 0 Å². The number of carbonyl (C=O) groups excluding carboxylic acids is 1. The van der Waals surface area contributed by atoms with E-state index in [1.165, 1.54) is 22.3 Å². The molecule has 9 nitrogen and oxygen atoms in total. The van der Waals surface area contributed by atoms with Crippen molar-refractivity contribution in [1.29, 1.82) is 0 Å². The van der Waals surface area contributed by atoms with Crippen LogP contribution in [0, 0.1) is 0 Å². The molecule has 0 fully saturated rings. The Bertz CT molecular complexity index is 1730. The molecule has 0 saturated carbocycles. The molecule has 5 rings (SSSR count). The SMILES string of the molecule is C=C(C)C(=C)OCC(O)COCCOc1ccc(C2(c3ccc(OCCOCC(O)COC(=O)C(=C)C)cc3)c3ccccc3-c3ccccc32)cc1. The van der Waals surface area contributed by atoms with Crippen LogP contribution in [0.2, 0.25) is 0 Å². The molecule has 53 heavy (non-hydrogen) atoms. The van der Waals surface area contributed by atoms with Crippen molar-refractivity contribution in [2.45, 2.75) is 31.5 Å². The quantitative estimate of drug-likeness (QED) is 0.0278. The van der Waals surface area contributed by atoms with Crippen LogP contribution < -0.4 is 9.47 Å². The lowest BCUT2D eigenvalue weighted by atomic mass is 9.68. The Balaban J connectivity index is 1.24. The normalized spacial score (nSPS) is 13.6. The summed E-state index contributed by atoms with van der Waals surface area (Å²) in [5.74, 6) is 1.29. The maximum atomic E-state index is 11.5. The standard InChI is InChI=1S/C44H48O9/c1-30(2)32(5)52-28-35(45)26-48-22-24-50-37-18-14-33(15-19-37)44(41-12-8-6-10-39(41)40-11-7-9-13-42(40)44)34-16-20-38(21-17-34)51-25-23-49-27-36(46)29-53-43(47)31(3)4/h6-21,35-36,45-46H,1,3,5,22-29H2,2,4H3. The van der Waals surface area contributed by atoms with Gasteiger partial charge in [0.2, 0.25) is 0 Å². The van der Waals surface area contributed by atoms with Crippen molar-refractivity contribution in [1.82, 2.24) is 0 Å². The van der Waals surface area contributed by atoms with Crippen molar-refractivity contribution in [3.05, 3.63) is 156 Å². The molecule has 0 bridgehead atoms. The van der Waals surface area contributed by atoms with E-state index in [4.69, 9.17) is 28.4 Å². The highest BCUT2D eigenvalue weighted by molar-refractivity contribution is 5.87. The first-order valence-corrected chi connectivity index (χ1v) is 17.6. The number of rotatable bonds is 21. The molecule has 2 atom stereocenters. The predicted molar refractivity (Wildman–Crippen MR) is 204 cm³/mol. The fraction of sp³-hybridized carbons (Fsp3) is 0.295. The van der Waals surface area contributed by atoms with Gasteiger partial charge in [-0.25, -0.2) is 4.79 Å². The topological polar surface area (TPSA) is 113 Å². The number of hydrogen-bond acceptors (Lipinski definition) is 9. The van der Waals surface area contributed by atoms with E-state index in [0.717, 1.165) is 11.1 Å². The van der Waals surface area contributed by atoms with E-state index in [1.807, 2.05) is 24.3 Å². The minimum atomic E-state index is -0.940. The number of ether oxygens (including phenoxy) is 6. The minimum Gasteiger partial charge on any atom is -0.491 e. The molecule has 0 radical (unpaired) electrons. The summed E-state index contributed by atoms with van der Waals surface area (Å²) in [6.45, 7) is 15.6. The third-order valence-corrected chi connectivity index (χ3v) is 8.82. The summed E-state index contributed by atoms with van der Waals surface area (Å²) in [5.41, 5.74) is 7.32. The number of aliphatic hydroxyl groups excluding tert-OH is 2. The Morgan fingerprint density at radius 3 is 1.45 bits per heavy atom. The fourth-order valence-electron chi connectivity index (χ4n) is 6.21. The van der Waals surface area contributed by atoms with Crippen molar-refractivity contribution in [3.63, 3.8) is 0 Å². The molecule has 9 heteroatoms. The van der Waals surface area contributed by atoms with Crippen molar-refractivity contribution >= 4 is 5.97 Å². The summed E-state index contributed by atoms with van der Waals surface area (Å²) in [4.78, 5) is 11.5. The molecule has 278 valence electrons. The monoisotopic (exact) mass is 720 g/mol. The summed E-state index contributed by atoms with van der Waals surface area (Å²) in [7, 11) is 0. The number of aliphatic hydroxyl groups is 2. The number of benzene rings is 4. The maximum Gasteiger partial charge on any atom is 0.333 e. The molecule has 0 heterocycles. The van der Waals surface area contributed by atoms with Gasteiger partial charge in [0.15, 0.2) is 0 Å². The van der Waals surface area contributed by atoms with E-state index in [0.29, 0.717) is 36.0 Å². The first-order chi connectivity index (χ1) is 25.6. The third-order valence-electron chi connectivity index (χ3n) is 8.82. The molecular weight excluding hydrogens is 672 g/mol. The zero-order valence-electron chi connectivity index (χ0n) is 30.4. The molecule has 0 saturated heterocycles. The van der Waals surface area contributed by atoms with Gasteiger partial charge in [-0.15, -0.1) is 0 Å². The fourth-order valence-corrected chi connectivity index (χ4v) is 6.21. The molecule has 1 aliphatic rings. The second-order valence-electron chi connectivity index (χ2n) is 12.9. The van der Waals surface area contributed by atoms with Crippen LogP contribution >= 0.6 is 0 Å². The lowest BCUT2D eigenvalue weighted by molar-refractivity contribution is -0.143. The number of fused-ring (bicyclic) bond motifs is 3. The number of hydrogen-bond donors (Lipinski definition) is 2. The van der Waals surface area contributed by atoms with E-state index in [-0.39, 0.29) is 45.2 Å². The van der Waals surface area contributed by atoms with Gasteiger partial charge >= 0.3 is 5.97 Å². The van der Waals surface area contributed by atoms with Gasteiger partial charge in [-0.1, -0.05) is 92.5 Å². The Morgan fingerprint density at radius 1 is 0.585 bits per heavy atom. The molecule has 2 N–H and O–H groups in total. The molecule has 2 unspecified atom stereocenters. The van der Waals surface area contributed by atoms with Crippen molar-refractivity contribution in [2.75, 3.05) is 52.9 Å². The lowest BCUT2D eigenvalue weighted by Gasteiger charge is -2.34. The van der Waals surface area contributed by atoms with Crippen LogP contribution in [0.15, 0.2) is 134 Å². The third kappa shape index (κ3) is 9.63. The summed E-state index contributed by atoms with van der Waals surface area (Å²) >= 11 is 0. The average Bonchev–Trinajstić information content (AvgIpc) is 3.47. The van der Waals surface area contributed by atoms with Crippen LogP contribution in [0.5, 0.6) is 11.5 Å². The second kappa shape index (κ2) is 18.5. The smallest absolute Gasteiger partial charge is 0.333 e. The van der Waals surface area contributed by atoms with Crippen molar-refractivity contribution in [3.8, 4) is 22.6 Å². The molecule has 0 aliphatic heterocycles. The zero-order chi connectivity index (χ0) is 37.8. The highest BCUT2D eigenvalue weighted by atomic mass is 16.6. The first-order valence-electron chi connectivity index (χ1n) is 17.6. The predicted octanol–water partition coefficient (Wildman–Crippen LogP) is 6.79. The molecule has 0 aromatic heterocycles. The largest absolute Gasteiger partial charge is 0.491 e. The summed E-state index contributed by atoms with van der Waals surface area (Å²) < 4.78 is 33.4. The Kier molecular flexibility index (Phi) is 13.6. The summed E-state index contributed by atoms with van der Waals surface area (Å²) in [5, 5.41) is 20.1. The van der Waals surface area contributed by atoms with Gasteiger partial charge in [0.25, 0.3) is 0 Å². The van der Waals surface area contributed by atoms with E-state index < -0.39 is 23.6 Å². The number of esters is 1. The van der Waals surface area contributed by atoms with Gasteiger partial charge in [-0.3, -0.25) is 0 Å². The van der Waals surface area contributed by atoms with Gasteiger partial charge in [-0.2, -0.15) is 0 Å². The molecule has 4 aromatic rings.